The number of benzene rings is 2. The Morgan fingerprint density at radius 3 is 2.61 bits per heavy atom. The van der Waals surface area contributed by atoms with Crippen LogP contribution in [0.4, 0.5) is 0 Å². The topological polar surface area (TPSA) is 42.0 Å². The Morgan fingerprint density at radius 1 is 1.06 bits per heavy atom. The van der Waals surface area contributed by atoms with Gasteiger partial charge in [0, 0.05) is 38.3 Å². The SMILES string of the molecule is CCCN1CCN(CC2=CCCOC2)CC(Cc2ccccc2-c2ccccc2OC)C1=O. The zero-order chi connectivity index (χ0) is 23.0. The van der Waals surface area contributed by atoms with Crippen molar-refractivity contribution in [2.75, 3.05) is 53.0 Å². The molecule has 1 fully saturated rings. The molecule has 0 aliphatic carbocycles. The third-order valence-electron chi connectivity index (χ3n) is 6.61. The van der Waals surface area contributed by atoms with E-state index in [9.17, 15) is 4.79 Å². The molecule has 0 radical (unpaired) electrons. The maximum absolute atomic E-state index is 13.6. The first kappa shape index (κ1) is 23.5. The second-order valence-corrected chi connectivity index (χ2v) is 9.02. The Labute approximate surface area is 198 Å². The lowest BCUT2D eigenvalue weighted by molar-refractivity contribution is -0.134. The molecule has 4 rings (SSSR count). The van der Waals surface area contributed by atoms with E-state index in [1.54, 1.807) is 7.11 Å². The molecule has 5 heteroatoms. The molecule has 0 N–H and O–H groups in total. The number of para-hydroxylation sites is 1. The van der Waals surface area contributed by atoms with Gasteiger partial charge in [-0.1, -0.05) is 55.5 Å². The molecule has 1 amide bonds. The van der Waals surface area contributed by atoms with Crippen LogP contribution >= 0.6 is 0 Å². The average Bonchev–Trinajstić information content (AvgIpc) is 2.99. The molecule has 2 heterocycles. The Morgan fingerprint density at radius 2 is 1.85 bits per heavy atom. The van der Waals surface area contributed by atoms with Gasteiger partial charge in [-0.2, -0.15) is 0 Å². The molecule has 2 aromatic rings. The van der Waals surface area contributed by atoms with Crippen molar-refractivity contribution in [2.45, 2.75) is 26.2 Å². The van der Waals surface area contributed by atoms with E-state index in [2.05, 4.69) is 53.1 Å². The summed E-state index contributed by atoms with van der Waals surface area (Å²) in [6.45, 7) is 7.86. The normalized spacial score (nSPS) is 19.8. The van der Waals surface area contributed by atoms with E-state index in [-0.39, 0.29) is 11.8 Å². The molecule has 1 atom stereocenters. The van der Waals surface area contributed by atoms with Crippen molar-refractivity contribution in [1.29, 1.82) is 0 Å². The molecule has 2 aliphatic rings. The van der Waals surface area contributed by atoms with Crippen LogP contribution in [0.3, 0.4) is 0 Å². The quantitative estimate of drug-likeness (QED) is 0.561. The number of ether oxygens (including phenoxy) is 2. The third-order valence-corrected chi connectivity index (χ3v) is 6.61. The number of hydrogen-bond donors (Lipinski definition) is 0. The third kappa shape index (κ3) is 5.84. The van der Waals surface area contributed by atoms with Crippen LogP contribution in [0.25, 0.3) is 11.1 Å². The van der Waals surface area contributed by atoms with Crippen LogP contribution in [-0.4, -0.2) is 68.8 Å². The highest BCUT2D eigenvalue weighted by molar-refractivity contribution is 5.81. The van der Waals surface area contributed by atoms with Crippen molar-refractivity contribution in [2.24, 2.45) is 5.92 Å². The van der Waals surface area contributed by atoms with Gasteiger partial charge in [0.1, 0.15) is 5.75 Å². The summed E-state index contributed by atoms with van der Waals surface area (Å²) in [6.07, 6.45) is 5.00. The van der Waals surface area contributed by atoms with E-state index in [1.165, 1.54) is 11.1 Å². The average molecular weight is 449 g/mol. The molecule has 5 nitrogen and oxygen atoms in total. The summed E-state index contributed by atoms with van der Waals surface area (Å²) >= 11 is 0. The summed E-state index contributed by atoms with van der Waals surface area (Å²) in [5.41, 5.74) is 4.75. The molecule has 2 aromatic carbocycles. The fraction of sp³-hybridized carbons (Fsp3) is 0.464. The van der Waals surface area contributed by atoms with E-state index >= 15 is 0 Å². The van der Waals surface area contributed by atoms with Gasteiger partial charge in [-0.25, -0.2) is 0 Å². The second kappa shape index (κ2) is 11.5. The maximum atomic E-state index is 13.6. The zero-order valence-corrected chi connectivity index (χ0v) is 20.0. The lowest BCUT2D eigenvalue weighted by Crippen LogP contribution is -2.38. The molecule has 0 bridgehead atoms. The van der Waals surface area contributed by atoms with E-state index in [0.717, 1.165) is 75.5 Å². The van der Waals surface area contributed by atoms with Gasteiger partial charge in [-0.3, -0.25) is 9.69 Å². The number of methoxy groups -OCH3 is 1. The Hall–Kier alpha value is -2.63. The highest BCUT2D eigenvalue weighted by Gasteiger charge is 2.31. The molecule has 1 unspecified atom stereocenters. The standard InChI is InChI=1S/C28H36N2O3/c1-3-14-30-16-15-29(19-22-9-8-17-33-21-22)20-24(28(30)31)18-23-10-4-5-11-25(23)26-12-6-7-13-27(26)32-2/h4-7,9-13,24H,3,8,14-21H2,1-2H3. The molecular formula is C28H36N2O3. The van der Waals surface area contributed by atoms with E-state index in [4.69, 9.17) is 9.47 Å². The van der Waals surface area contributed by atoms with Crippen LogP contribution < -0.4 is 4.74 Å². The number of carbonyl (C=O) groups is 1. The molecule has 2 aliphatic heterocycles. The van der Waals surface area contributed by atoms with E-state index < -0.39 is 0 Å². The summed E-state index contributed by atoms with van der Waals surface area (Å²) in [5, 5.41) is 0. The van der Waals surface area contributed by atoms with Crippen LogP contribution in [0.2, 0.25) is 0 Å². The highest BCUT2D eigenvalue weighted by Crippen LogP contribution is 2.33. The fourth-order valence-electron chi connectivity index (χ4n) is 5.00. The summed E-state index contributed by atoms with van der Waals surface area (Å²) < 4.78 is 11.3. The number of carbonyl (C=O) groups excluding carboxylic acids is 1. The molecule has 1 saturated heterocycles. The van der Waals surface area contributed by atoms with Crippen LogP contribution in [0.1, 0.15) is 25.3 Å². The summed E-state index contributed by atoms with van der Waals surface area (Å²) in [7, 11) is 1.71. The largest absolute Gasteiger partial charge is 0.496 e. The molecule has 0 aromatic heterocycles. The monoisotopic (exact) mass is 448 g/mol. The molecule has 33 heavy (non-hydrogen) atoms. The zero-order valence-electron chi connectivity index (χ0n) is 20.0. The predicted octanol–water partition coefficient (Wildman–Crippen LogP) is 4.42. The lowest BCUT2D eigenvalue weighted by atomic mass is 9.90. The van der Waals surface area contributed by atoms with Gasteiger partial charge in [0.2, 0.25) is 5.91 Å². The first-order chi connectivity index (χ1) is 16.2. The van der Waals surface area contributed by atoms with Crippen LogP contribution in [0.15, 0.2) is 60.2 Å². The highest BCUT2D eigenvalue weighted by atomic mass is 16.5. The minimum atomic E-state index is -0.0694. The van der Waals surface area contributed by atoms with Crippen molar-refractivity contribution in [3.63, 3.8) is 0 Å². The van der Waals surface area contributed by atoms with Crippen LogP contribution in [0, 0.1) is 5.92 Å². The van der Waals surface area contributed by atoms with Crippen molar-refractivity contribution in [3.05, 3.63) is 65.7 Å². The summed E-state index contributed by atoms with van der Waals surface area (Å²) in [4.78, 5) is 18.1. The van der Waals surface area contributed by atoms with Crippen molar-refractivity contribution >= 4 is 5.91 Å². The van der Waals surface area contributed by atoms with Gasteiger partial charge in [0.25, 0.3) is 0 Å². The lowest BCUT2D eigenvalue weighted by Gasteiger charge is -2.26. The Bertz CT molecular complexity index is 971. The van der Waals surface area contributed by atoms with Crippen molar-refractivity contribution < 1.29 is 14.3 Å². The predicted molar refractivity (Wildman–Crippen MR) is 132 cm³/mol. The number of amides is 1. The van der Waals surface area contributed by atoms with Crippen molar-refractivity contribution in [3.8, 4) is 16.9 Å². The smallest absolute Gasteiger partial charge is 0.227 e. The van der Waals surface area contributed by atoms with E-state index in [0.29, 0.717) is 6.61 Å². The fourth-order valence-corrected chi connectivity index (χ4v) is 5.00. The Kier molecular flexibility index (Phi) is 8.19. The van der Waals surface area contributed by atoms with Crippen LogP contribution in [-0.2, 0) is 16.0 Å². The molecule has 0 saturated carbocycles. The minimum absolute atomic E-state index is 0.0694. The minimum Gasteiger partial charge on any atom is -0.496 e. The number of nitrogens with zero attached hydrogens (tertiary/aromatic N) is 2. The molecule has 176 valence electrons. The molecular weight excluding hydrogens is 412 g/mol. The number of rotatable bonds is 8. The van der Waals surface area contributed by atoms with Crippen LogP contribution in [0.5, 0.6) is 5.75 Å². The van der Waals surface area contributed by atoms with Crippen molar-refractivity contribution in [1.82, 2.24) is 9.80 Å². The van der Waals surface area contributed by atoms with Gasteiger partial charge in [0.15, 0.2) is 0 Å². The Balaban J connectivity index is 1.60. The van der Waals surface area contributed by atoms with Gasteiger partial charge in [-0.05, 0) is 42.0 Å². The van der Waals surface area contributed by atoms with Gasteiger partial charge >= 0.3 is 0 Å². The second-order valence-electron chi connectivity index (χ2n) is 9.02. The first-order valence-corrected chi connectivity index (χ1v) is 12.2. The first-order valence-electron chi connectivity index (χ1n) is 12.2. The van der Waals surface area contributed by atoms with E-state index in [1.807, 2.05) is 18.2 Å². The van der Waals surface area contributed by atoms with Gasteiger partial charge in [-0.15, -0.1) is 0 Å². The summed E-state index contributed by atoms with van der Waals surface area (Å²) in [6, 6.07) is 16.5. The molecule has 0 spiro atoms. The maximum Gasteiger partial charge on any atom is 0.227 e. The van der Waals surface area contributed by atoms with Gasteiger partial charge in [0.05, 0.1) is 26.2 Å². The summed E-state index contributed by atoms with van der Waals surface area (Å²) in [5.74, 6) is 1.07. The van der Waals surface area contributed by atoms with Gasteiger partial charge < -0.3 is 14.4 Å². The number of hydrogen-bond acceptors (Lipinski definition) is 4.